The molecule has 1 heterocycles. The number of hydrogen-bond donors (Lipinski definition) is 2. The van der Waals surface area contributed by atoms with Crippen molar-refractivity contribution in [3.63, 3.8) is 0 Å². The van der Waals surface area contributed by atoms with Crippen molar-refractivity contribution >= 4 is 28.3 Å². The molecule has 0 spiro atoms. The molecule has 0 unspecified atom stereocenters. The molecule has 0 saturated carbocycles. The predicted molar refractivity (Wildman–Crippen MR) is 68.1 cm³/mol. The summed E-state index contributed by atoms with van der Waals surface area (Å²) in [5, 5.41) is 4.02. The molecule has 0 aliphatic heterocycles. The highest BCUT2D eigenvalue weighted by molar-refractivity contribution is 7.16. The number of rotatable bonds is 4. The fraction of sp³-hybridized carbons (Fsp3) is 0.455. The molecule has 0 radical (unpaired) electrons. The Hall–Kier alpha value is -1.77. The van der Waals surface area contributed by atoms with Crippen LogP contribution in [0.1, 0.15) is 22.2 Å². The molecule has 0 aliphatic rings. The van der Waals surface area contributed by atoms with Crippen LogP contribution in [0.25, 0.3) is 0 Å². The number of esters is 1. The zero-order chi connectivity index (χ0) is 15.3. The summed E-state index contributed by atoms with van der Waals surface area (Å²) in [6.07, 6.45) is -4.49. The number of hydrogen-bond acceptors (Lipinski definition) is 4. The van der Waals surface area contributed by atoms with Crippen LogP contribution in [0.2, 0.25) is 0 Å². The van der Waals surface area contributed by atoms with E-state index in [9.17, 15) is 22.8 Å². The monoisotopic (exact) mass is 310 g/mol. The zero-order valence-corrected chi connectivity index (χ0v) is 11.6. The van der Waals surface area contributed by atoms with Crippen molar-refractivity contribution < 1.29 is 27.5 Å². The Morgan fingerprint density at radius 2 is 2.05 bits per heavy atom. The summed E-state index contributed by atoms with van der Waals surface area (Å²) in [5.41, 5.74) is 0.122. The van der Waals surface area contributed by atoms with Crippen molar-refractivity contribution in [2.45, 2.75) is 20.0 Å². The number of halogens is 3. The zero-order valence-electron chi connectivity index (χ0n) is 10.8. The maximum Gasteiger partial charge on any atom is 0.405 e. The first-order valence-corrected chi connectivity index (χ1v) is 6.43. The normalized spacial score (nSPS) is 11.1. The number of alkyl halides is 3. The first kappa shape index (κ1) is 16.3. The van der Waals surface area contributed by atoms with E-state index < -0.39 is 24.7 Å². The van der Waals surface area contributed by atoms with Crippen LogP contribution in [0.4, 0.5) is 23.0 Å². The van der Waals surface area contributed by atoms with Gasteiger partial charge in [-0.15, -0.1) is 11.3 Å². The van der Waals surface area contributed by atoms with Crippen LogP contribution in [0.15, 0.2) is 6.07 Å². The number of aryl methyl sites for hydroxylation is 1. The largest absolute Gasteiger partial charge is 0.462 e. The van der Waals surface area contributed by atoms with E-state index in [0.717, 1.165) is 16.2 Å². The van der Waals surface area contributed by atoms with E-state index in [1.54, 1.807) is 19.2 Å². The quantitative estimate of drug-likeness (QED) is 0.840. The minimum absolute atomic E-state index is 0.122. The van der Waals surface area contributed by atoms with E-state index in [2.05, 4.69) is 5.32 Å². The van der Waals surface area contributed by atoms with Crippen LogP contribution >= 0.6 is 11.3 Å². The van der Waals surface area contributed by atoms with Crippen LogP contribution in [0.5, 0.6) is 0 Å². The summed E-state index contributed by atoms with van der Waals surface area (Å²) in [5.74, 6) is -0.636. The predicted octanol–water partition coefficient (Wildman–Crippen LogP) is 2.92. The molecular formula is C11H13F3N2O3S. The van der Waals surface area contributed by atoms with Crippen LogP contribution < -0.4 is 10.6 Å². The smallest absolute Gasteiger partial charge is 0.405 e. The van der Waals surface area contributed by atoms with E-state index in [1.807, 2.05) is 0 Å². The van der Waals surface area contributed by atoms with E-state index in [4.69, 9.17) is 4.74 Å². The average Bonchev–Trinajstić information content (AvgIpc) is 2.67. The van der Waals surface area contributed by atoms with Crippen LogP contribution in [0.3, 0.4) is 0 Å². The number of thiophene rings is 1. The molecule has 0 aromatic carbocycles. The standard InChI is InChI=1S/C11H13F3N2O3S/c1-3-19-9(17)7-4-6(2)20-8(7)16-10(18)15-5-11(12,13)14/h4H,3,5H2,1-2H3,(H2,15,16,18). The van der Waals surface area contributed by atoms with Gasteiger partial charge in [-0.1, -0.05) is 0 Å². The van der Waals surface area contributed by atoms with E-state index >= 15 is 0 Å². The molecule has 0 atom stereocenters. The molecule has 9 heteroatoms. The Balaban J connectivity index is 2.72. The van der Waals surface area contributed by atoms with Crippen molar-refractivity contribution in [1.82, 2.24) is 5.32 Å². The third kappa shape index (κ3) is 5.08. The fourth-order valence-corrected chi connectivity index (χ4v) is 2.19. The van der Waals surface area contributed by atoms with Crippen LogP contribution in [0, 0.1) is 6.92 Å². The van der Waals surface area contributed by atoms with Gasteiger partial charge in [0, 0.05) is 4.88 Å². The van der Waals surface area contributed by atoms with Gasteiger partial charge in [0.05, 0.1) is 12.2 Å². The van der Waals surface area contributed by atoms with Crippen molar-refractivity contribution in [3.05, 3.63) is 16.5 Å². The van der Waals surface area contributed by atoms with Crippen molar-refractivity contribution in [1.29, 1.82) is 0 Å². The minimum Gasteiger partial charge on any atom is -0.462 e. The number of carbonyl (C=O) groups excluding carboxylic acids is 2. The molecule has 0 bridgehead atoms. The first-order valence-electron chi connectivity index (χ1n) is 5.62. The number of carbonyl (C=O) groups is 2. The van der Waals surface area contributed by atoms with Crippen molar-refractivity contribution in [2.24, 2.45) is 0 Å². The molecular weight excluding hydrogens is 297 g/mol. The Bertz CT molecular complexity index is 500. The molecule has 0 aliphatic carbocycles. The lowest BCUT2D eigenvalue weighted by Crippen LogP contribution is -2.36. The molecule has 2 N–H and O–H groups in total. The molecule has 0 saturated heterocycles. The summed E-state index contributed by atoms with van der Waals surface area (Å²) >= 11 is 1.08. The maximum atomic E-state index is 12.0. The molecule has 2 amide bonds. The number of anilines is 1. The first-order chi connectivity index (χ1) is 9.23. The fourth-order valence-electron chi connectivity index (χ4n) is 1.30. The van der Waals surface area contributed by atoms with Gasteiger partial charge in [0.2, 0.25) is 0 Å². The molecule has 112 valence electrons. The Labute approximate surface area is 117 Å². The summed E-state index contributed by atoms with van der Waals surface area (Å²) in [6.45, 7) is 2.04. The lowest BCUT2D eigenvalue weighted by Gasteiger charge is -2.09. The minimum atomic E-state index is -4.49. The van der Waals surface area contributed by atoms with E-state index in [0.29, 0.717) is 0 Å². The Morgan fingerprint density at radius 3 is 2.60 bits per heavy atom. The Kier molecular flexibility index (Phi) is 5.37. The van der Waals surface area contributed by atoms with Gasteiger partial charge in [-0.05, 0) is 19.9 Å². The number of amides is 2. The lowest BCUT2D eigenvalue weighted by molar-refractivity contribution is -0.122. The summed E-state index contributed by atoms with van der Waals surface area (Å²) < 4.78 is 40.7. The van der Waals surface area contributed by atoms with Gasteiger partial charge >= 0.3 is 18.2 Å². The number of urea groups is 1. The average molecular weight is 310 g/mol. The molecule has 0 fully saturated rings. The third-order valence-corrected chi connectivity index (χ3v) is 2.99. The second-order valence-corrected chi connectivity index (χ2v) is 5.00. The highest BCUT2D eigenvalue weighted by atomic mass is 32.1. The third-order valence-electron chi connectivity index (χ3n) is 2.03. The molecule has 20 heavy (non-hydrogen) atoms. The van der Waals surface area contributed by atoms with Gasteiger partial charge in [0.25, 0.3) is 0 Å². The highest BCUT2D eigenvalue weighted by Crippen LogP contribution is 2.28. The second kappa shape index (κ2) is 6.60. The van der Waals surface area contributed by atoms with Gasteiger partial charge in [-0.25, -0.2) is 9.59 Å². The highest BCUT2D eigenvalue weighted by Gasteiger charge is 2.28. The van der Waals surface area contributed by atoms with E-state index in [1.165, 1.54) is 6.07 Å². The maximum absolute atomic E-state index is 12.0. The van der Waals surface area contributed by atoms with E-state index in [-0.39, 0.29) is 17.2 Å². The van der Waals surface area contributed by atoms with Crippen molar-refractivity contribution in [2.75, 3.05) is 18.5 Å². The lowest BCUT2D eigenvalue weighted by atomic mass is 10.3. The molecule has 1 aromatic heterocycles. The summed E-state index contributed by atoms with van der Waals surface area (Å²) in [6, 6.07) is 0.469. The van der Waals surface area contributed by atoms with Gasteiger partial charge in [0.15, 0.2) is 0 Å². The summed E-state index contributed by atoms with van der Waals surface area (Å²) in [4.78, 5) is 23.7. The van der Waals surface area contributed by atoms with Gasteiger partial charge in [-0.3, -0.25) is 5.32 Å². The molecule has 1 aromatic rings. The van der Waals surface area contributed by atoms with Crippen LogP contribution in [-0.2, 0) is 4.74 Å². The van der Waals surface area contributed by atoms with Crippen LogP contribution in [-0.4, -0.2) is 31.3 Å². The Morgan fingerprint density at radius 1 is 1.40 bits per heavy atom. The number of nitrogens with one attached hydrogen (secondary N) is 2. The van der Waals surface area contributed by atoms with Gasteiger partial charge < -0.3 is 10.1 Å². The molecule has 5 nitrogen and oxygen atoms in total. The van der Waals surface area contributed by atoms with Crippen molar-refractivity contribution in [3.8, 4) is 0 Å². The summed E-state index contributed by atoms with van der Waals surface area (Å²) in [7, 11) is 0. The van der Waals surface area contributed by atoms with Gasteiger partial charge in [0.1, 0.15) is 11.5 Å². The second-order valence-electron chi connectivity index (χ2n) is 3.74. The topological polar surface area (TPSA) is 67.4 Å². The van der Waals surface area contributed by atoms with Gasteiger partial charge in [-0.2, -0.15) is 13.2 Å². The number of ether oxygens (including phenoxy) is 1. The SMILES string of the molecule is CCOC(=O)c1cc(C)sc1NC(=O)NCC(F)(F)F. The molecule has 1 rings (SSSR count).